The third-order valence-corrected chi connectivity index (χ3v) is 3.75. The predicted molar refractivity (Wildman–Crippen MR) is 70.9 cm³/mol. The van der Waals surface area contributed by atoms with E-state index in [2.05, 4.69) is 26.9 Å². The van der Waals surface area contributed by atoms with Gasteiger partial charge in [-0.1, -0.05) is 15.9 Å². The van der Waals surface area contributed by atoms with Gasteiger partial charge < -0.3 is 10.0 Å². The second-order valence-corrected chi connectivity index (χ2v) is 5.67. The number of benzene rings is 1. The SMILES string of the molecule is CC1(O)CCN(c2ccc(Br)cc2C#N)CC1. The first-order valence-corrected chi connectivity index (χ1v) is 6.48. The van der Waals surface area contributed by atoms with Gasteiger partial charge in [0.15, 0.2) is 0 Å². The van der Waals surface area contributed by atoms with Gasteiger partial charge in [0.2, 0.25) is 0 Å². The Bertz CT molecular complexity index is 455. The summed E-state index contributed by atoms with van der Waals surface area (Å²) in [5, 5.41) is 19.0. The first-order valence-electron chi connectivity index (χ1n) is 5.69. The lowest BCUT2D eigenvalue weighted by Gasteiger charge is -2.37. The molecule has 0 aliphatic carbocycles. The van der Waals surface area contributed by atoms with Crippen molar-refractivity contribution < 1.29 is 5.11 Å². The van der Waals surface area contributed by atoms with Crippen LogP contribution in [0.4, 0.5) is 5.69 Å². The van der Waals surface area contributed by atoms with Crippen LogP contribution in [0.2, 0.25) is 0 Å². The van der Waals surface area contributed by atoms with Crippen LogP contribution in [-0.4, -0.2) is 23.8 Å². The maximum absolute atomic E-state index is 9.91. The van der Waals surface area contributed by atoms with Crippen LogP contribution in [0.5, 0.6) is 0 Å². The van der Waals surface area contributed by atoms with Crippen LogP contribution in [-0.2, 0) is 0 Å². The van der Waals surface area contributed by atoms with E-state index in [0.717, 1.165) is 36.1 Å². The van der Waals surface area contributed by atoms with Crippen molar-refractivity contribution in [1.82, 2.24) is 0 Å². The fourth-order valence-corrected chi connectivity index (χ4v) is 2.46. The van der Waals surface area contributed by atoms with Crippen molar-refractivity contribution in [2.24, 2.45) is 0 Å². The van der Waals surface area contributed by atoms with E-state index in [1.807, 2.05) is 25.1 Å². The van der Waals surface area contributed by atoms with Crippen molar-refractivity contribution in [3.8, 4) is 6.07 Å². The molecule has 1 aliphatic rings. The summed E-state index contributed by atoms with van der Waals surface area (Å²) in [5.74, 6) is 0. The van der Waals surface area contributed by atoms with Gasteiger partial charge in [-0.05, 0) is 38.0 Å². The van der Waals surface area contributed by atoms with E-state index in [1.165, 1.54) is 0 Å². The van der Waals surface area contributed by atoms with Crippen LogP contribution >= 0.6 is 15.9 Å². The van der Waals surface area contributed by atoms with E-state index >= 15 is 0 Å². The summed E-state index contributed by atoms with van der Waals surface area (Å²) in [6, 6.07) is 7.96. The Morgan fingerprint density at radius 3 is 2.65 bits per heavy atom. The molecular formula is C13H15BrN2O. The van der Waals surface area contributed by atoms with E-state index in [9.17, 15) is 5.11 Å². The van der Waals surface area contributed by atoms with Crippen LogP contribution in [0.15, 0.2) is 22.7 Å². The second kappa shape index (κ2) is 4.67. The lowest BCUT2D eigenvalue weighted by Crippen LogP contribution is -2.42. The number of hydrogen-bond donors (Lipinski definition) is 1. The fourth-order valence-electron chi connectivity index (χ4n) is 2.10. The highest BCUT2D eigenvalue weighted by Gasteiger charge is 2.28. The zero-order valence-electron chi connectivity index (χ0n) is 9.78. The normalized spacial score (nSPS) is 18.8. The predicted octanol–water partition coefficient (Wildman–Crippen LogP) is 2.67. The maximum Gasteiger partial charge on any atom is 0.101 e. The number of rotatable bonds is 1. The molecule has 0 unspecified atom stereocenters. The molecule has 0 amide bonds. The Balaban J connectivity index is 2.22. The third kappa shape index (κ3) is 2.80. The standard InChI is InChI=1S/C13H15BrN2O/c1-13(17)4-6-16(7-5-13)12-3-2-11(14)8-10(12)9-15/h2-3,8,17H,4-7H2,1H3. The Morgan fingerprint density at radius 1 is 1.41 bits per heavy atom. The maximum atomic E-state index is 9.91. The van der Waals surface area contributed by atoms with Crippen LogP contribution in [0.1, 0.15) is 25.3 Å². The van der Waals surface area contributed by atoms with Gasteiger partial charge in [-0.25, -0.2) is 0 Å². The first-order chi connectivity index (χ1) is 8.02. The Morgan fingerprint density at radius 2 is 2.06 bits per heavy atom. The molecule has 3 nitrogen and oxygen atoms in total. The quantitative estimate of drug-likeness (QED) is 0.866. The van der Waals surface area contributed by atoms with E-state index in [0.29, 0.717) is 5.56 Å². The molecule has 1 N–H and O–H groups in total. The smallest absolute Gasteiger partial charge is 0.101 e. The molecule has 1 heterocycles. The van der Waals surface area contributed by atoms with Crippen LogP contribution in [0, 0.1) is 11.3 Å². The molecule has 2 rings (SSSR count). The summed E-state index contributed by atoms with van der Waals surface area (Å²) in [6.45, 7) is 3.46. The topological polar surface area (TPSA) is 47.3 Å². The van der Waals surface area contributed by atoms with Crippen LogP contribution in [0.25, 0.3) is 0 Å². The summed E-state index contributed by atoms with van der Waals surface area (Å²) >= 11 is 3.37. The number of halogens is 1. The number of piperidine rings is 1. The average Bonchev–Trinajstić information content (AvgIpc) is 2.29. The minimum atomic E-state index is -0.557. The van der Waals surface area contributed by atoms with Gasteiger partial charge in [-0.3, -0.25) is 0 Å². The van der Waals surface area contributed by atoms with Crippen molar-refractivity contribution in [2.75, 3.05) is 18.0 Å². The molecule has 0 bridgehead atoms. The Kier molecular flexibility index (Phi) is 3.41. The Labute approximate surface area is 110 Å². The van der Waals surface area contributed by atoms with Gasteiger partial charge in [-0.2, -0.15) is 5.26 Å². The zero-order valence-corrected chi connectivity index (χ0v) is 11.4. The lowest BCUT2D eigenvalue weighted by atomic mass is 9.93. The molecule has 1 aromatic rings. The molecule has 0 radical (unpaired) electrons. The van der Waals surface area contributed by atoms with Crippen molar-refractivity contribution in [3.05, 3.63) is 28.2 Å². The van der Waals surface area contributed by atoms with Crippen molar-refractivity contribution in [3.63, 3.8) is 0 Å². The second-order valence-electron chi connectivity index (χ2n) is 4.76. The molecule has 1 saturated heterocycles. The molecule has 0 saturated carbocycles. The number of hydrogen-bond acceptors (Lipinski definition) is 3. The number of anilines is 1. The van der Waals surface area contributed by atoms with Gasteiger partial charge in [0.05, 0.1) is 16.9 Å². The van der Waals surface area contributed by atoms with E-state index < -0.39 is 5.60 Å². The zero-order chi connectivity index (χ0) is 12.5. The summed E-state index contributed by atoms with van der Waals surface area (Å²) in [5.41, 5.74) is 1.09. The molecule has 0 spiro atoms. The van der Waals surface area contributed by atoms with E-state index in [-0.39, 0.29) is 0 Å². The highest BCUT2D eigenvalue weighted by molar-refractivity contribution is 9.10. The first kappa shape index (κ1) is 12.4. The largest absolute Gasteiger partial charge is 0.390 e. The molecule has 17 heavy (non-hydrogen) atoms. The third-order valence-electron chi connectivity index (χ3n) is 3.26. The molecule has 90 valence electrons. The van der Waals surface area contributed by atoms with Gasteiger partial charge in [-0.15, -0.1) is 0 Å². The molecule has 1 aliphatic heterocycles. The van der Waals surface area contributed by atoms with Crippen LogP contribution < -0.4 is 4.90 Å². The minimum absolute atomic E-state index is 0.557. The van der Waals surface area contributed by atoms with Gasteiger partial charge >= 0.3 is 0 Å². The molecule has 0 atom stereocenters. The van der Waals surface area contributed by atoms with Crippen LogP contribution in [0.3, 0.4) is 0 Å². The van der Waals surface area contributed by atoms with Gasteiger partial charge in [0, 0.05) is 17.6 Å². The van der Waals surface area contributed by atoms with Gasteiger partial charge in [0.25, 0.3) is 0 Å². The minimum Gasteiger partial charge on any atom is -0.390 e. The highest BCUT2D eigenvalue weighted by atomic mass is 79.9. The summed E-state index contributed by atoms with van der Waals surface area (Å²) in [7, 11) is 0. The monoisotopic (exact) mass is 294 g/mol. The van der Waals surface area contributed by atoms with E-state index in [1.54, 1.807) is 0 Å². The number of nitrogens with zero attached hydrogens (tertiary/aromatic N) is 2. The number of nitriles is 1. The Hall–Kier alpha value is -1.05. The molecule has 1 fully saturated rings. The average molecular weight is 295 g/mol. The van der Waals surface area contributed by atoms with E-state index in [4.69, 9.17) is 5.26 Å². The molecule has 0 aromatic heterocycles. The summed E-state index contributed by atoms with van der Waals surface area (Å²) in [4.78, 5) is 2.17. The number of aliphatic hydroxyl groups is 1. The summed E-state index contributed by atoms with van der Waals surface area (Å²) in [6.07, 6.45) is 1.49. The molecular weight excluding hydrogens is 280 g/mol. The van der Waals surface area contributed by atoms with Crippen molar-refractivity contribution >= 4 is 21.6 Å². The van der Waals surface area contributed by atoms with Crippen molar-refractivity contribution in [2.45, 2.75) is 25.4 Å². The molecule has 4 heteroatoms. The lowest BCUT2D eigenvalue weighted by molar-refractivity contribution is 0.0351. The summed E-state index contributed by atoms with van der Waals surface area (Å²) < 4.78 is 0.918. The van der Waals surface area contributed by atoms with Crippen molar-refractivity contribution in [1.29, 1.82) is 5.26 Å². The highest BCUT2D eigenvalue weighted by Crippen LogP contribution is 2.29. The fraction of sp³-hybridized carbons (Fsp3) is 0.462. The van der Waals surface area contributed by atoms with Gasteiger partial charge in [0.1, 0.15) is 6.07 Å². The molecule has 1 aromatic carbocycles.